The summed E-state index contributed by atoms with van der Waals surface area (Å²) in [6.45, 7) is 6.47. The van der Waals surface area contributed by atoms with E-state index in [2.05, 4.69) is 69.9 Å². The molecule has 8 nitrogen and oxygen atoms in total. The highest BCUT2D eigenvalue weighted by Gasteiger charge is 2.38. The number of anilines is 3. The van der Waals surface area contributed by atoms with Crippen molar-refractivity contribution in [3.8, 4) is 0 Å². The second-order valence-electron chi connectivity index (χ2n) is 9.00. The highest BCUT2D eigenvalue weighted by atomic mass is 35.5. The molecule has 0 spiro atoms. The van der Waals surface area contributed by atoms with Crippen LogP contribution in [0.1, 0.15) is 38.3 Å². The zero-order chi connectivity index (χ0) is 22.0. The molecule has 3 unspecified atom stereocenters. The first-order valence-corrected chi connectivity index (χ1v) is 11.5. The Bertz CT molecular complexity index is 851. The molecule has 0 saturated carbocycles. The molecule has 31 heavy (non-hydrogen) atoms. The largest absolute Gasteiger partial charge is 0.370 e. The molecule has 168 valence electrons. The van der Waals surface area contributed by atoms with Gasteiger partial charge < -0.3 is 15.1 Å². The maximum Gasteiger partial charge on any atom is 0.228 e. The van der Waals surface area contributed by atoms with Crippen LogP contribution in [-0.4, -0.2) is 64.6 Å². The Morgan fingerprint density at radius 3 is 2.55 bits per heavy atom. The SMILES string of the molecule is CC(C)C1NNC(Cl)C1c1ccnc(Nc2ccc(N3CCC(N(C)C)CC3)cn2)n1. The molecular formula is C22H33ClN8. The number of hydrazine groups is 1. The number of hydrogen-bond donors (Lipinski definition) is 3. The lowest BCUT2D eigenvalue weighted by Gasteiger charge is -2.36. The minimum absolute atomic E-state index is 0.0608. The third-order valence-corrected chi connectivity index (χ3v) is 6.76. The maximum absolute atomic E-state index is 6.51. The molecule has 2 aromatic rings. The van der Waals surface area contributed by atoms with Crippen LogP contribution in [0, 0.1) is 5.92 Å². The van der Waals surface area contributed by atoms with Gasteiger partial charge >= 0.3 is 0 Å². The Morgan fingerprint density at radius 2 is 1.90 bits per heavy atom. The third-order valence-electron chi connectivity index (χ3n) is 6.37. The van der Waals surface area contributed by atoms with Crippen LogP contribution in [0.25, 0.3) is 0 Å². The summed E-state index contributed by atoms with van der Waals surface area (Å²) in [5.41, 5.74) is 8.27. The van der Waals surface area contributed by atoms with Gasteiger partial charge in [0.2, 0.25) is 5.95 Å². The van der Waals surface area contributed by atoms with E-state index in [1.165, 1.54) is 12.8 Å². The van der Waals surface area contributed by atoms with Gasteiger partial charge in [0.25, 0.3) is 0 Å². The van der Waals surface area contributed by atoms with Gasteiger partial charge in [-0.2, -0.15) is 0 Å². The highest BCUT2D eigenvalue weighted by Crippen LogP contribution is 2.32. The fourth-order valence-corrected chi connectivity index (χ4v) is 4.82. The monoisotopic (exact) mass is 444 g/mol. The average molecular weight is 445 g/mol. The van der Waals surface area contributed by atoms with Crippen molar-refractivity contribution >= 4 is 29.1 Å². The molecule has 0 aromatic carbocycles. The van der Waals surface area contributed by atoms with E-state index in [1.54, 1.807) is 6.20 Å². The van der Waals surface area contributed by atoms with E-state index in [4.69, 9.17) is 16.6 Å². The standard InChI is InChI=1S/C22H33ClN8/c1-14(2)20-19(21(23)29-28-20)17-7-10-24-22(26-17)27-18-6-5-16(13-25-18)31-11-8-15(9-12-31)30(3)4/h5-7,10,13-15,19-21,28-29H,8-9,11-12H2,1-4H3,(H,24,25,26,27). The second kappa shape index (κ2) is 9.65. The molecule has 0 amide bonds. The molecule has 0 radical (unpaired) electrons. The van der Waals surface area contributed by atoms with E-state index in [0.29, 0.717) is 17.9 Å². The molecule has 0 aliphatic carbocycles. The fourth-order valence-electron chi connectivity index (χ4n) is 4.47. The summed E-state index contributed by atoms with van der Waals surface area (Å²) >= 11 is 6.51. The minimum Gasteiger partial charge on any atom is -0.370 e. The van der Waals surface area contributed by atoms with Gasteiger partial charge in [0.05, 0.1) is 17.6 Å². The van der Waals surface area contributed by atoms with Crippen molar-refractivity contribution in [2.75, 3.05) is 37.4 Å². The lowest BCUT2D eigenvalue weighted by atomic mass is 9.89. The van der Waals surface area contributed by atoms with Crippen molar-refractivity contribution < 1.29 is 0 Å². The summed E-state index contributed by atoms with van der Waals surface area (Å²) in [7, 11) is 4.32. The number of halogens is 1. The van der Waals surface area contributed by atoms with Crippen LogP contribution >= 0.6 is 11.6 Å². The Balaban J connectivity index is 1.41. The van der Waals surface area contributed by atoms with Crippen LogP contribution in [-0.2, 0) is 0 Å². The van der Waals surface area contributed by atoms with Crippen molar-refractivity contribution in [3.63, 3.8) is 0 Å². The van der Waals surface area contributed by atoms with Crippen LogP contribution in [0.2, 0.25) is 0 Å². The van der Waals surface area contributed by atoms with E-state index < -0.39 is 0 Å². The molecule has 2 fully saturated rings. The van der Waals surface area contributed by atoms with E-state index in [9.17, 15) is 0 Å². The maximum atomic E-state index is 6.51. The summed E-state index contributed by atoms with van der Waals surface area (Å²) in [4.78, 5) is 18.4. The number of nitrogens with zero attached hydrogens (tertiary/aromatic N) is 5. The van der Waals surface area contributed by atoms with Crippen LogP contribution in [0.5, 0.6) is 0 Å². The second-order valence-corrected chi connectivity index (χ2v) is 9.47. The topological polar surface area (TPSA) is 81.2 Å². The smallest absolute Gasteiger partial charge is 0.228 e. The molecule has 0 bridgehead atoms. The zero-order valence-electron chi connectivity index (χ0n) is 18.7. The van der Waals surface area contributed by atoms with Gasteiger partial charge in [-0.1, -0.05) is 13.8 Å². The number of alkyl halides is 1. The Morgan fingerprint density at radius 1 is 1.13 bits per heavy atom. The van der Waals surface area contributed by atoms with E-state index in [-0.39, 0.29) is 17.5 Å². The van der Waals surface area contributed by atoms with E-state index in [1.807, 2.05) is 18.3 Å². The van der Waals surface area contributed by atoms with Gasteiger partial charge in [-0.3, -0.25) is 5.43 Å². The third kappa shape index (κ3) is 5.09. The first-order valence-electron chi connectivity index (χ1n) is 11.0. The van der Waals surface area contributed by atoms with Gasteiger partial charge in [0, 0.05) is 37.3 Å². The lowest BCUT2D eigenvalue weighted by molar-refractivity contribution is 0.249. The molecule has 2 aromatic heterocycles. The Labute approximate surface area is 189 Å². The van der Waals surface area contributed by atoms with Crippen molar-refractivity contribution in [1.82, 2.24) is 30.7 Å². The lowest BCUT2D eigenvalue weighted by Crippen LogP contribution is -2.42. The van der Waals surface area contributed by atoms with Crippen molar-refractivity contribution in [1.29, 1.82) is 0 Å². The molecule has 4 heterocycles. The summed E-state index contributed by atoms with van der Waals surface area (Å²) < 4.78 is 0. The number of hydrogen-bond acceptors (Lipinski definition) is 8. The summed E-state index contributed by atoms with van der Waals surface area (Å²) in [6.07, 6.45) is 6.05. The number of rotatable bonds is 6. The van der Waals surface area contributed by atoms with Crippen LogP contribution < -0.4 is 21.1 Å². The van der Waals surface area contributed by atoms with Gasteiger partial charge in [-0.05, 0) is 51.1 Å². The molecule has 4 rings (SSSR count). The number of pyridine rings is 1. The number of aromatic nitrogens is 3. The van der Waals surface area contributed by atoms with Gasteiger partial charge in [-0.25, -0.2) is 20.4 Å². The summed E-state index contributed by atoms with van der Waals surface area (Å²) in [5.74, 6) is 1.74. The molecular weight excluding hydrogens is 412 g/mol. The fraction of sp³-hybridized carbons (Fsp3) is 0.591. The molecule has 3 N–H and O–H groups in total. The molecule has 2 saturated heterocycles. The molecule has 2 aliphatic heterocycles. The Hall–Kier alpha value is -2.00. The average Bonchev–Trinajstić information content (AvgIpc) is 3.16. The normalized spacial score (nSPS) is 24.9. The molecule has 3 atom stereocenters. The van der Waals surface area contributed by atoms with Crippen LogP contribution in [0.15, 0.2) is 30.6 Å². The molecule has 9 heteroatoms. The van der Waals surface area contributed by atoms with Crippen molar-refractivity contribution in [3.05, 3.63) is 36.3 Å². The summed E-state index contributed by atoms with van der Waals surface area (Å²) in [5, 5.41) is 3.24. The van der Waals surface area contributed by atoms with Gasteiger partial charge in [-0.15, -0.1) is 11.6 Å². The first-order chi connectivity index (χ1) is 14.9. The van der Waals surface area contributed by atoms with Gasteiger partial charge in [0.1, 0.15) is 11.3 Å². The minimum atomic E-state index is -0.218. The van der Waals surface area contributed by atoms with Crippen LogP contribution in [0.4, 0.5) is 17.5 Å². The van der Waals surface area contributed by atoms with E-state index >= 15 is 0 Å². The van der Waals surface area contributed by atoms with Crippen molar-refractivity contribution in [2.45, 2.75) is 50.2 Å². The number of piperidine rings is 1. The molecule has 2 aliphatic rings. The number of nitrogens with one attached hydrogen (secondary N) is 3. The Kier molecular flexibility index (Phi) is 6.91. The first kappa shape index (κ1) is 22.2. The van der Waals surface area contributed by atoms with Crippen LogP contribution in [0.3, 0.4) is 0 Å². The predicted octanol–water partition coefficient (Wildman–Crippen LogP) is 2.93. The zero-order valence-corrected chi connectivity index (χ0v) is 19.5. The van der Waals surface area contributed by atoms with E-state index in [0.717, 1.165) is 30.3 Å². The van der Waals surface area contributed by atoms with Gasteiger partial charge in [0.15, 0.2) is 0 Å². The summed E-state index contributed by atoms with van der Waals surface area (Å²) in [6, 6.07) is 6.91. The predicted molar refractivity (Wildman–Crippen MR) is 126 cm³/mol. The van der Waals surface area contributed by atoms with Crippen molar-refractivity contribution in [2.24, 2.45) is 5.92 Å². The quantitative estimate of drug-likeness (QED) is 0.463. The highest BCUT2D eigenvalue weighted by molar-refractivity contribution is 6.21.